The summed E-state index contributed by atoms with van der Waals surface area (Å²) in [6.45, 7) is 2.82. The van der Waals surface area contributed by atoms with Gasteiger partial charge in [-0.05, 0) is 38.1 Å². The number of alkyl halides is 3. The molecule has 2 aromatic rings. The maximum atomic E-state index is 14.0. The lowest BCUT2D eigenvalue weighted by Crippen LogP contribution is -2.61. The van der Waals surface area contributed by atoms with Crippen molar-refractivity contribution in [2.45, 2.75) is 56.1 Å². The lowest BCUT2D eigenvalue weighted by atomic mass is 9.85. The average Bonchev–Trinajstić information content (AvgIpc) is 2.83. The van der Waals surface area contributed by atoms with Crippen LogP contribution in [0.25, 0.3) is 0 Å². The fourth-order valence-electron chi connectivity index (χ4n) is 5.16. The highest BCUT2D eigenvalue weighted by atomic mass is 19.4. The van der Waals surface area contributed by atoms with Crippen molar-refractivity contribution in [2.24, 2.45) is 0 Å². The normalized spacial score (nSPS) is 26.3. The first-order valence-corrected chi connectivity index (χ1v) is 12.1. The predicted octanol–water partition coefficient (Wildman–Crippen LogP) is 3.20. The van der Waals surface area contributed by atoms with E-state index in [4.69, 9.17) is 14.9 Å². The zero-order chi connectivity index (χ0) is 27.5. The summed E-state index contributed by atoms with van der Waals surface area (Å²) in [5, 5.41) is 24.4. The van der Waals surface area contributed by atoms with E-state index in [1.54, 1.807) is 6.07 Å². The highest BCUT2D eigenvalue weighted by molar-refractivity contribution is 6.00. The fraction of sp³-hybridized carbons (Fsp3) is 0.423. The van der Waals surface area contributed by atoms with Crippen LogP contribution in [0.4, 0.5) is 13.2 Å². The van der Waals surface area contributed by atoms with Crippen molar-refractivity contribution in [2.75, 3.05) is 13.2 Å². The zero-order valence-electron chi connectivity index (χ0n) is 20.7. The molecule has 2 unspecified atom stereocenters. The molecule has 1 fully saturated rings. The Hall–Kier alpha value is -3.80. The van der Waals surface area contributed by atoms with Gasteiger partial charge < -0.3 is 25.2 Å². The van der Waals surface area contributed by atoms with Gasteiger partial charge in [-0.1, -0.05) is 18.2 Å². The Bertz CT molecular complexity index is 1290. The smallest absolute Gasteiger partial charge is 0.423 e. The van der Waals surface area contributed by atoms with E-state index in [1.807, 2.05) is 13.8 Å². The van der Waals surface area contributed by atoms with Gasteiger partial charge in [0.25, 0.3) is 5.91 Å². The molecule has 0 spiro atoms. The number of hydrogen-bond acceptors (Lipinski definition) is 6. The number of amides is 2. The molecular formula is C26H27F3N4O5. The molecule has 0 radical (unpaired) electrons. The molecule has 3 heterocycles. The number of halogens is 3. The minimum Gasteiger partial charge on any atom is -0.493 e. The Balaban J connectivity index is 1.47. The number of rotatable bonds is 3. The third kappa shape index (κ3) is 4.32. The highest BCUT2D eigenvalue weighted by Gasteiger charge is 2.62. The van der Waals surface area contributed by atoms with Crippen molar-refractivity contribution in [3.05, 3.63) is 59.2 Å². The van der Waals surface area contributed by atoms with Gasteiger partial charge in [0, 0.05) is 35.1 Å². The maximum absolute atomic E-state index is 14.0. The Morgan fingerprint density at radius 2 is 1.87 bits per heavy atom. The van der Waals surface area contributed by atoms with Crippen molar-refractivity contribution in [3.63, 3.8) is 0 Å². The van der Waals surface area contributed by atoms with E-state index in [2.05, 4.69) is 10.6 Å². The van der Waals surface area contributed by atoms with Gasteiger partial charge in [-0.25, -0.2) is 0 Å². The standard InChI is InChI=1S/C26H27F3N4O5/c1-24(2)12-20(34)33(23(30)32-24)17-9-10-37-19-8-7-14(11-16(17)19)22(35)31-21-15-5-3-4-6-18(15)38-13-25(21,36)26(27,28)29/h3-8,11,17,21,36H,9-10,12-13H2,1-2H3,(H2,30,32)(H,31,35)/t17-,21?,25?/m1/s1. The number of carbonyl (C=O) groups excluding carboxylic acids is 2. The largest absolute Gasteiger partial charge is 0.493 e. The molecule has 5 rings (SSSR count). The molecule has 0 aliphatic carbocycles. The molecule has 2 amide bonds. The number of ether oxygens (including phenoxy) is 2. The van der Waals surface area contributed by atoms with Gasteiger partial charge in [0.1, 0.15) is 18.1 Å². The van der Waals surface area contributed by atoms with Crippen molar-refractivity contribution >= 4 is 17.8 Å². The van der Waals surface area contributed by atoms with Gasteiger partial charge in [0.15, 0.2) is 5.96 Å². The quantitative estimate of drug-likeness (QED) is 0.482. The van der Waals surface area contributed by atoms with E-state index >= 15 is 0 Å². The van der Waals surface area contributed by atoms with E-state index in [-0.39, 0.29) is 41.8 Å². The minimum atomic E-state index is -5.09. The second-order valence-corrected chi connectivity index (χ2v) is 10.4. The van der Waals surface area contributed by atoms with Crippen LogP contribution in [0.3, 0.4) is 0 Å². The van der Waals surface area contributed by atoms with Crippen LogP contribution in [0, 0.1) is 5.41 Å². The van der Waals surface area contributed by atoms with Crippen LogP contribution in [0.5, 0.6) is 11.5 Å². The average molecular weight is 533 g/mol. The molecule has 4 N–H and O–H groups in total. The molecule has 38 heavy (non-hydrogen) atoms. The molecule has 3 atom stereocenters. The number of fused-ring (bicyclic) bond motifs is 2. The molecule has 0 saturated carbocycles. The van der Waals surface area contributed by atoms with Gasteiger partial charge >= 0.3 is 6.18 Å². The molecule has 3 aliphatic heterocycles. The van der Waals surface area contributed by atoms with E-state index in [9.17, 15) is 27.9 Å². The van der Waals surface area contributed by atoms with Crippen molar-refractivity contribution in [3.8, 4) is 11.5 Å². The second-order valence-electron chi connectivity index (χ2n) is 10.4. The summed E-state index contributed by atoms with van der Waals surface area (Å²) in [7, 11) is 0. The van der Waals surface area contributed by atoms with Crippen LogP contribution in [-0.4, -0.2) is 58.3 Å². The summed E-state index contributed by atoms with van der Waals surface area (Å²) in [6.07, 6.45) is -4.58. The monoisotopic (exact) mass is 532 g/mol. The van der Waals surface area contributed by atoms with Crippen molar-refractivity contribution < 1.29 is 37.3 Å². The summed E-state index contributed by atoms with van der Waals surface area (Å²) < 4.78 is 52.8. The molecular weight excluding hydrogens is 505 g/mol. The topological polar surface area (TPSA) is 124 Å². The highest BCUT2D eigenvalue weighted by Crippen LogP contribution is 2.46. The Labute approximate surface area is 216 Å². The summed E-state index contributed by atoms with van der Waals surface area (Å²) in [5.41, 5.74) is -3.48. The Morgan fingerprint density at radius 1 is 1.16 bits per heavy atom. The zero-order valence-corrected chi connectivity index (χ0v) is 20.7. The molecule has 202 valence electrons. The third-order valence-electron chi connectivity index (χ3n) is 7.07. The molecule has 0 bridgehead atoms. The molecule has 12 heteroatoms. The summed E-state index contributed by atoms with van der Waals surface area (Å²) >= 11 is 0. The minimum absolute atomic E-state index is 0.00727. The number of benzene rings is 2. The summed E-state index contributed by atoms with van der Waals surface area (Å²) in [4.78, 5) is 27.6. The van der Waals surface area contributed by atoms with Crippen LogP contribution in [0.2, 0.25) is 0 Å². The van der Waals surface area contributed by atoms with Gasteiger partial charge in [-0.2, -0.15) is 13.2 Å². The fourth-order valence-corrected chi connectivity index (χ4v) is 5.16. The van der Waals surface area contributed by atoms with E-state index in [1.165, 1.54) is 41.3 Å². The number of hydrogen-bond donors (Lipinski definition) is 4. The van der Waals surface area contributed by atoms with Crippen molar-refractivity contribution in [1.29, 1.82) is 5.41 Å². The van der Waals surface area contributed by atoms with E-state index in [0.29, 0.717) is 17.7 Å². The maximum Gasteiger partial charge on any atom is 0.423 e. The number of nitrogens with zero attached hydrogens (tertiary/aromatic N) is 1. The lowest BCUT2D eigenvalue weighted by Gasteiger charge is -2.43. The molecule has 1 saturated heterocycles. The first kappa shape index (κ1) is 25.8. The van der Waals surface area contributed by atoms with Gasteiger partial charge in [0.05, 0.1) is 18.7 Å². The van der Waals surface area contributed by atoms with E-state index < -0.39 is 41.9 Å². The molecule has 9 nitrogen and oxygen atoms in total. The number of carbonyl (C=O) groups is 2. The van der Waals surface area contributed by atoms with Crippen LogP contribution in [-0.2, 0) is 4.79 Å². The second kappa shape index (κ2) is 8.90. The summed E-state index contributed by atoms with van der Waals surface area (Å²) in [6, 6.07) is 7.82. The van der Waals surface area contributed by atoms with Crippen LogP contribution in [0.15, 0.2) is 42.5 Å². The van der Waals surface area contributed by atoms with Crippen LogP contribution in [0.1, 0.15) is 60.3 Å². The lowest BCUT2D eigenvalue weighted by molar-refractivity contribution is -0.282. The Morgan fingerprint density at radius 3 is 2.58 bits per heavy atom. The van der Waals surface area contributed by atoms with Gasteiger partial charge in [-0.15, -0.1) is 0 Å². The van der Waals surface area contributed by atoms with Crippen LogP contribution >= 0.6 is 0 Å². The number of guanidine groups is 1. The SMILES string of the molecule is CC1(C)CC(=O)N([C@@H]2CCOc3ccc(C(=O)NC4c5ccccc5OCC4(O)C(F)(F)F)cc32)C(=N)N1. The summed E-state index contributed by atoms with van der Waals surface area (Å²) in [5.74, 6) is -0.663. The first-order chi connectivity index (χ1) is 17.8. The first-order valence-electron chi connectivity index (χ1n) is 12.1. The number of aliphatic hydroxyl groups is 1. The van der Waals surface area contributed by atoms with Gasteiger partial charge in [0.2, 0.25) is 11.5 Å². The van der Waals surface area contributed by atoms with Crippen molar-refractivity contribution in [1.82, 2.24) is 15.5 Å². The van der Waals surface area contributed by atoms with E-state index in [0.717, 1.165) is 0 Å². The molecule has 0 aromatic heterocycles. The molecule has 2 aromatic carbocycles. The van der Waals surface area contributed by atoms with Gasteiger partial charge in [-0.3, -0.25) is 19.9 Å². The number of nitrogens with one attached hydrogen (secondary N) is 3. The number of para-hydroxylation sites is 1. The molecule has 3 aliphatic rings. The predicted molar refractivity (Wildman–Crippen MR) is 129 cm³/mol. The van der Waals surface area contributed by atoms with Crippen LogP contribution < -0.4 is 20.1 Å². The third-order valence-corrected chi connectivity index (χ3v) is 7.07. The Kier molecular flexibility index (Phi) is 6.05.